The minimum Gasteiger partial charge on any atom is -0.487 e. The lowest BCUT2D eigenvalue weighted by atomic mass is 10.1. The van der Waals surface area contributed by atoms with E-state index in [0.29, 0.717) is 13.0 Å². The van der Waals surface area contributed by atoms with Crippen molar-refractivity contribution in [3.8, 4) is 5.75 Å². The standard InChI is InChI=1S/C20H22N2O6/c1-3-27-18-9-8-16(12-17(18)22(25)26)20(24)28-13-19(23)21-11-10-15-7-5-4-6-14(15)2/h4-9,12H,3,10-11,13H2,1-2H3,(H,21,23). The van der Waals surface area contributed by atoms with Crippen molar-refractivity contribution >= 4 is 17.6 Å². The van der Waals surface area contributed by atoms with Crippen molar-refractivity contribution in [1.29, 1.82) is 0 Å². The summed E-state index contributed by atoms with van der Waals surface area (Å²) in [6, 6.07) is 11.6. The molecule has 0 unspecified atom stereocenters. The second-order valence-corrected chi connectivity index (χ2v) is 5.98. The van der Waals surface area contributed by atoms with E-state index in [1.165, 1.54) is 12.1 Å². The van der Waals surface area contributed by atoms with E-state index >= 15 is 0 Å². The predicted octanol–water partition coefficient (Wildman–Crippen LogP) is 2.82. The molecule has 28 heavy (non-hydrogen) atoms. The molecule has 2 rings (SSSR count). The van der Waals surface area contributed by atoms with Crippen LogP contribution in [0, 0.1) is 17.0 Å². The van der Waals surface area contributed by atoms with Gasteiger partial charge in [-0.2, -0.15) is 0 Å². The van der Waals surface area contributed by atoms with Gasteiger partial charge in [-0.15, -0.1) is 0 Å². The third-order valence-electron chi connectivity index (χ3n) is 4.00. The Balaban J connectivity index is 1.86. The molecule has 0 saturated carbocycles. The number of hydrogen-bond acceptors (Lipinski definition) is 6. The molecule has 0 aliphatic carbocycles. The molecule has 0 aliphatic heterocycles. The number of hydrogen-bond donors (Lipinski definition) is 1. The van der Waals surface area contributed by atoms with Crippen LogP contribution in [0.15, 0.2) is 42.5 Å². The molecular weight excluding hydrogens is 364 g/mol. The molecule has 0 bridgehead atoms. The second kappa shape index (κ2) is 10.1. The number of amides is 1. The fourth-order valence-corrected chi connectivity index (χ4v) is 2.56. The molecule has 2 aromatic rings. The Kier molecular flexibility index (Phi) is 7.50. The maximum atomic E-state index is 12.1. The van der Waals surface area contributed by atoms with Crippen molar-refractivity contribution in [1.82, 2.24) is 5.32 Å². The average Bonchev–Trinajstić information content (AvgIpc) is 2.68. The Morgan fingerprint density at radius 1 is 1.18 bits per heavy atom. The number of nitrogens with zero attached hydrogens (tertiary/aromatic N) is 1. The first kappa shape index (κ1) is 20.9. The normalized spacial score (nSPS) is 10.2. The second-order valence-electron chi connectivity index (χ2n) is 5.98. The van der Waals surface area contributed by atoms with E-state index in [0.717, 1.165) is 17.2 Å². The van der Waals surface area contributed by atoms with Gasteiger partial charge in [-0.1, -0.05) is 24.3 Å². The van der Waals surface area contributed by atoms with E-state index in [2.05, 4.69) is 5.32 Å². The van der Waals surface area contributed by atoms with Crippen molar-refractivity contribution in [2.24, 2.45) is 0 Å². The van der Waals surface area contributed by atoms with Gasteiger partial charge in [0.05, 0.1) is 17.1 Å². The summed E-state index contributed by atoms with van der Waals surface area (Å²) in [7, 11) is 0. The van der Waals surface area contributed by atoms with Crippen molar-refractivity contribution in [2.75, 3.05) is 19.8 Å². The van der Waals surface area contributed by atoms with Crippen LogP contribution in [-0.4, -0.2) is 36.6 Å². The molecule has 2 aromatic carbocycles. The molecule has 8 heteroatoms. The van der Waals surface area contributed by atoms with Gasteiger partial charge >= 0.3 is 11.7 Å². The van der Waals surface area contributed by atoms with Crippen LogP contribution in [0.5, 0.6) is 5.75 Å². The molecule has 0 spiro atoms. The summed E-state index contributed by atoms with van der Waals surface area (Å²) < 4.78 is 10.1. The third kappa shape index (κ3) is 5.80. The van der Waals surface area contributed by atoms with Crippen LogP contribution in [-0.2, 0) is 16.0 Å². The number of rotatable bonds is 9. The zero-order valence-electron chi connectivity index (χ0n) is 15.8. The Morgan fingerprint density at radius 3 is 2.61 bits per heavy atom. The molecule has 148 valence electrons. The van der Waals surface area contributed by atoms with E-state index in [4.69, 9.17) is 9.47 Å². The van der Waals surface area contributed by atoms with Crippen LogP contribution in [0.25, 0.3) is 0 Å². The summed E-state index contributed by atoms with van der Waals surface area (Å²) in [6.45, 7) is 3.90. The molecule has 0 saturated heterocycles. The first-order valence-electron chi connectivity index (χ1n) is 8.82. The summed E-state index contributed by atoms with van der Waals surface area (Å²) in [6.07, 6.45) is 0.664. The quantitative estimate of drug-likeness (QED) is 0.403. The van der Waals surface area contributed by atoms with Crippen LogP contribution in [0.3, 0.4) is 0 Å². The van der Waals surface area contributed by atoms with E-state index in [9.17, 15) is 19.7 Å². The summed E-state index contributed by atoms with van der Waals surface area (Å²) in [4.78, 5) is 34.4. The van der Waals surface area contributed by atoms with E-state index in [1.54, 1.807) is 6.92 Å². The first-order valence-corrected chi connectivity index (χ1v) is 8.82. The fourth-order valence-electron chi connectivity index (χ4n) is 2.56. The smallest absolute Gasteiger partial charge is 0.338 e. The highest BCUT2D eigenvalue weighted by atomic mass is 16.6. The highest BCUT2D eigenvalue weighted by molar-refractivity contribution is 5.92. The number of ether oxygens (including phenoxy) is 2. The monoisotopic (exact) mass is 386 g/mol. The molecule has 0 radical (unpaired) electrons. The van der Waals surface area contributed by atoms with Gasteiger partial charge < -0.3 is 14.8 Å². The van der Waals surface area contributed by atoms with Gasteiger partial charge in [-0.25, -0.2) is 4.79 Å². The Morgan fingerprint density at radius 2 is 1.93 bits per heavy atom. The first-order chi connectivity index (χ1) is 13.4. The topological polar surface area (TPSA) is 108 Å². The average molecular weight is 386 g/mol. The lowest BCUT2D eigenvalue weighted by Gasteiger charge is -2.09. The largest absolute Gasteiger partial charge is 0.487 e. The maximum Gasteiger partial charge on any atom is 0.338 e. The van der Waals surface area contributed by atoms with Gasteiger partial charge in [0.1, 0.15) is 0 Å². The number of aryl methyl sites for hydroxylation is 1. The summed E-state index contributed by atoms with van der Waals surface area (Å²) in [5, 5.41) is 13.8. The minimum atomic E-state index is -0.819. The zero-order valence-corrected chi connectivity index (χ0v) is 15.8. The van der Waals surface area contributed by atoms with Crippen molar-refractivity contribution in [3.05, 3.63) is 69.3 Å². The number of nitro benzene ring substituents is 1. The van der Waals surface area contributed by atoms with Crippen LogP contribution >= 0.6 is 0 Å². The molecule has 0 aliphatic rings. The maximum absolute atomic E-state index is 12.1. The number of nitro groups is 1. The molecule has 0 atom stereocenters. The Hall–Kier alpha value is -3.42. The molecule has 0 fully saturated rings. The molecule has 0 heterocycles. The highest BCUT2D eigenvalue weighted by Crippen LogP contribution is 2.28. The van der Waals surface area contributed by atoms with Crippen LogP contribution < -0.4 is 10.1 Å². The molecule has 1 amide bonds. The fraction of sp³-hybridized carbons (Fsp3) is 0.300. The van der Waals surface area contributed by atoms with Gasteiger partial charge in [-0.05, 0) is 43.5 Å². The van der Waals surface area contributed by atoms with E-state index < -0.39 is 23.4 Å². The lowest BCUT2D eigenvalue weighted by Crippen LogP contribution is -2.30. The van der Waals surface area contributed by atoms with Crippen molar-refractivity contribution in [2.45, 2.75) is 20.3 Å². The number of benzene rings is 2. The number of esters is 1. The van der Waals surface area contributed by atoms with Gasteiger partial charge in [0, 0.05) is 12.6 Å². The van der Waals surface area contributed by atoms with Crippen LogP contribution in [0.4, 0.5) is 5.69 Å². The highest BCUT2D eigenvalue weighted by Gasteiger charge is 2.19. The molecule has 0 aromatic heterocycles. The summed E-state index contributed by atoms with van der Waals surface area (Å²) in [5.41, 5.74) is 1.91. The molecule has 8 nitrogen and oxygen atoms in total. The summed E-state index contributed by atoms with van der Waals surface area (Å²) >= 11 is 0. The van der Waals surface area contributed by atoms with Crippen LogP contribution in [0.1, 0.15) is 28.4 Å². The van der Waals surface area contributed by atoms with E-state index in [-0.39, 0.29) is 23.6 Å². The third-order valence-corrected chi connectivity index (χ3v) is 4.00. The van der Waals surface area contributed by atoms with Gasteiger partial charge in [0.2, 0.25) is 0 Å². The van der Waals surface area contributed by atoms with Crippen LogP contribution in [0.2, 0.25) is 0 Å². The Labute approximate surface area is 162 Å². The molecular formula is C20H22N2O6. The van der Waals surface area contributed by atoms with Crippen molar-refractivity contribution in [3.63, 3.8) is 0 Å². The lowest BCUT2D eigenvalue weighted by molar-refractivity contribution is -0.385. The SMILES string of the molecule is CCOc1ccc(C(=O)OCC(=O)NCCc2ccccc2C)cc1[N+](=O)[O-]. The Bertz CT molecular complexity index is 866. The van der Waals surface area contributed by atoms with Gasteiger partial charge in [-0.3, -0.25) is 14.9 Å². The zero-order chi connectivity index (χ0) is 20.5. The predicted molar refractivity (Wildman–Crippen MR) is 102 cm³/mol. The van der Waals surface area contributed by atoms with Gasteiger partial charge in [0.25, 0.3) is 5.91 Å². The van der Waals surface area contributed by atoms with Gasteiger partial charge in [0.15, 0.2) is 12.4 Å². The summed E-state index contributed by atoms with van der Waals surface area (Å²) in [5.74, 6) is -1.19. The minimum absolute atomic E-state index is 0.0251. The molecule has 1 N–H and O–H groups in total. The van der Waals surface area contributed by atoms with E-state index in [1.807, 2.05) is 31.2 Å². The number of carbonyl (C=O) groups is 2. The number of carbonyl (C=O) groups excluding carboxylic acids is 2. The van der Waals surface area contributed by atoms with Crippen molar-refractivity contribution < 1.29 is 24.0 Å². The number of nitrogens with one attached hydrogen (secondary N) is 1.